The van der Waals surface area contributed by atoms with Gasteiger partial charge < -0.3 is 10.9 Å². The number of amidine groups is 1. The van der Waals surface area contributed by atoms with Crippen molar-refractivity contribution in [2.24, 2.45) is 10.9 Å². The van der Waals surface area contributed by atoms with Crippen molar-refractivity contribution in [1.29, 1.82) is 0 Å². The lowest BCUT2D eigenvalue weighted by Gasteiger charge is -2.19. The lowest BCUT2D eigenvalue weighted by molar-refractivity contribution is 0.296. The molecule has 94 valence electrons. The van der Waals surface area contributed by atoms with Crippen molar-refractivity contribution >= 4 is 17.4 Å². The Morgan fingerprint density at radius 1 is 1.41 bits per heavy atom. The van der Waals surface area contributed by atoms with Crippen LogP contribution in [0.4, 0.5) is 0 Å². The smallest absolute Gasteiger partial charge is 0.170 e. The van der Waals surface area contributed by atoms with Gasteiger partial charge in [0.2, 0.25) is 0 Å². The summed E-state index contributed by atoms with van der Waals surface area (Å²) in [5.74, 6) is 0.0706. The van der Waals surface area contributed by atoms with Gasteiger partial charge in [0.05, 0.1) is 0 Å². The van der Waals surface area contributed by atoms with E-state index >= 15 is 0 Å². The molecule has 0 heterocycles. The van der Waals surface area contributed by atoms with E-state index in [1.54, 1.807) is 12.1 Å². The molecule has 0 saturated carbocycles. The summed E-state index contributed by atoms with van der Waals surface area (Å²) in [6, 6.07) is 5.43. The van der Waals surface area contributed by atoms with Gasteiger partial charge in [0.25, 0.3) is 0 Å². The first-order chi connectivity index (χ1) is 8.12. The summed E-state index contributed by atoms with van der Waals surface area (Å²) in [7, 11) is 0. The van der Waals surface area contributed by atoms with E-state index in [-0.39, 0.29) is 5.84 Å². The van der Waals surface area contributed by atoms with Gasteiger partial charge in [-0.25, -0.2) is 0 Å². The third-order valence-electron chi connectivity index (χ3n) is 2.74. The molecule has 0 unspecified atom stereocenters. The van der Waals surface area contributed by atoms with Crippen LogP contribution in [-0.4, -0.2) is 29.0 Å². The predicted molar refractivity (Wildman–Crippen MR) is 70.6 cm³/mol. The fourth-order valence-corrected chi connectivity index (χ4v) is 1.82. The summed E-state index contributed by atoms with van der Waals surface area (Å²) in [4.78, 5) is 2.27. The maximum Gasteiger partial charge on any atom is 0.170 e. The quantitative estimate of drug-likeness (QED) is 0.367. The molecule has 0 aliphatic rings. The molecule has 0 aliphatic carbocycles. The summed E-state index contributed by atoms with van der Waals surface area (Å²) in [6.07, 6.45) is 0. The average Bonchev–Trinajstić information content (AvgIpc) is 2.36. The zero-order valence-corrected chi connectivity index (χ0v) is 10.9. The second-order valence-corrected chi connectivity index (χ2v) is 4.16. The summed E-state index contributed by atoms with van der Waals surface area (Å²) in [5.41, 5.74) is 7.17. The first-order valence-corrected chi connectivity index (χ1v) is 5.98. The highest BCUT2D eigenvalue weighted by molar-refractivity contribution is 6.31. The van der Waals surface area contributed by atoms with Gasteiger partial charge in [-0.2, -0.15) is 0 Å². The SMILES string of the molecule is CCN(CC)Cc1ccc(/C(N)=N/O)cc1Cl. The molecule has 1 aromatic carbocycles. The van der Waals surface area contributed by atoms with Crippen molar-refractivity contribution in [3.05, 3.63) is 34.3 Å². The van der Waals surface area contributed by atoms with Crippen molar-refractivity contribution in [3.63, 3.8) is 0 Å². The third-order valence-corrected chi connectivity index (χ3v) is 3.10. The summed E-state index contributed by atoms with van der Waals surface area (Å²) in [5, 5.41) is 12.2. The van der Waals surface area contributed by atoms with Gasteiger partial charge in [-0.1, -0.05) is 42.7 Å². The Bertz CT molecular complexity index is 403. The Balaban J connectivity index is 2.90. The molecule has 1 rings (SSSR count). The molecule has 0 aromatic heterocycles. The molecule has 0 saturated heterocycles. The molecule has 5 heteroatoms. The van der Waals surface area contributed by atoms with Crippen LogP contribution in [0.5, 0.6) is 0 Å². The summed E-state index contributed by atoms with van der Waals surface area (Å²) < 4.78 is 0. The molecule has 0 amide bonds. The maximum absolute atomic E-state index is 8.58. The molecule has 4 nitrogen and oxygen atoms in total. The summed E-state index contributed by atoms with van der Waals surface area (Å²) >= 11 is 6.17. The Kier molecular flexibility index (Phi) is 5.25. The molecule has 0 aliphatic heterocycles. The number of hydrogen-bond donors (Lipinski definition) is 2. The molecule has 0 spiro atoms. The Morgan fingerprint density at radius 3 is 2.53 bits per heavy atom. The topological polar surface area (TPSA) is 61.8 Å². The second-order valence-electron chi connectivity index (χ2n) is 3.75. The maximum atomic E-state index is 8.58. The van der Waals surface area contributed by atoms with E-state index < -0.39 is 0 Å². The van der Waals surface area contributed by atoms with Gasteiger partial charge in [-0.3, -0.25) is 4.90 Å². The standard InChI is InChI=1S/C12H18ClN3O/c1-3-16(4-2)8-10-6-5-9(7-11(10)13)12(14)15-17/h5-7,17H,3-4,8H2,1-2H3,(H2,14,15). The number of nitrogens with two attached hydrogens (primary N) is 1. The zero-order chi connectivity index (χ0) is 12.8. The molecular formula is C12H18ClN3O. The van der Waals surface area contributed by atoms with E-state index in [2.05, 4.69) is 23.9 Å². The highest BCUT2D eigenvalue weighted by Crippen LogP contribution is 2.19. The molecule has 0 fully saturated rings. The molecule has 3 N–H and O–H groups in total. The van der Waals surface area contributed by atoms with Crippen molar-refractivity contribution in [2.75, 3.05) is 13.1 Å². The molecule has 1 aromatic rings. The average molecular weight is 256 g/mol. The fraction of sp³-hybridized carbons (Fsp3) is 0.417. The summed E-state index contributed by atoms with van der Waals surface area (Å²) in [6.45, 7) is 7.00. The Hall–Kier alpha value is -1.26. The lowest BCUT2D eigenvalue weighted by atomic mass is 10.1. The minimum atomic E-state index is 0.0706. The minimum absolute atomic E-state index is 0.0706. The van der Waals surface area contributed by atoms with Gasteiger partial charge in [0, 0.05) is 17.1 Å². The Morgan fingerprint density at radius 2 is 2.06 bits per heavy atom. The van der Waals surface area contributed by atoms with Crippen LogP contribution in [0.15, 0.2) is 23.4 Å². The molecule has 0 bridgehead atoms. The van der Waals surface area contributed by atoms with Crippen molar-refractivity contribution < 1.29 is 5.21 Å². The minimum Gasteiger partial charge on any atom is -0.409 e. The van der Waals surface area contributed by atoms with Crippen molar-refractivity contribution in [1.82, 2.24) is 4.90 Å². The number of oxime groups is 1. The number of rotatable bonds is 5. The van der Waals surface area contributed by atoms with Crippen LogP contribution >= 0.6 is 11.6 Å². The van der Waals surface area contributed by atoms with Crippen LogP contribution in [0.3, 0.4) is 0 Å². The zero-order valence-electron chi connectivity index (χ0n) is 10.2. The molecule has 0 radical (unpaired) electrons. The van der Waals surface area contributed by atoms with Gasteiger partial charge in [-0.05, 0) is 24.7 Å². The molecule has 17 heavy (non-hydrogen) atoms. The van der Waals surface area contributed by atoms with E-state index in [4.69, 9.17) is 22.5 Å². The van der Waals surface area contributed by atoms with Gasteiger partial charge in [0.15, 0.2) is 5.84 Å². The molecule has 0 atom stereocenters. The van der Waals surface area contributed by atoms with E-state index in [1.807, 2.05) is 6.07 Å². The highest BCUT2D eigenvalue weighted by Gasteiger charge is 2.07. The highest BCUT2D eigenvalue weighted by atomic mass is 35.5. The fourth-order valence-electron chi connectivity index (χ4n) is 1.58. The Labute approximate surface area is 107 Å². The van der Waals surface area contributed by atoms with E-state index in [9.17, 15) is 0 Å². The van der Waals surface area contributed by atoms with E-state index in [0.717, 1.165) is 25.2 Å². The van der Waals surface area contributed by atoms with Crippen molar-refractivity contribution in [3.8, 4) is 0 Å². The normalized spacial score (nSPS) is 12.1. The van der Waals surface area contributed by atoms with Crippen LogP contribution < -0.4 is 5.73 Å². The van der Waals surface area contributed by atoms with E-state index in [0.29, 0.717) is 10.6 Å². The predicted octanol–water partition coefficient (Wildman–Crippen LogP) is 2.28. The number of benzene rings is 1. The number of nitrogens with zero attached hydrogens (tertiary/aromatic N) is 2. The second kappa shape index (κ2) is 6.47. The number of hydrogen-bond acceptors (Lipinski definition) is 3. The van der Waals surface area contributed by atoms with Gasteiger partial charge >= 0.3 is 0 Å². The number of halogens is 1. The monoisotopic (exact) mass is 255 g/mol. The van der Waals surface area contributed by atoms with Crippen molar-refractivity contribution in [2.45, 2.75) is 20.4 Å². The van der Waals surface area contributed by atoms with E-state index in [1.165, 1.54) is 0 Å². The third kappa shape index (κ3) is 3.61. The largest absolute Gasteiger partial charge is 0.409 e. The molecular weight excluding hydrogens is 238 g/mol. The van der Waals surface area contributed by atoms with Gasteiger partial charge in [-0.15, -0.1) is 0 Å². The first kappa shape index (κ1) is 13.8. The van der Waals surface area contributed by atoms with Crippen LogP contribution in [0.1, 0.15) is 25.0 Å². The lowest BCUT2D eigenvalue weighted by Crippen LogP contribution is -2.22. The first-order valence-electron chi connectivity index (χ1n) is 5.61. The van der Waals surface area contributed by atoms with Crippen LogP contribution in [-0.2, 0) is 6.54 Å². The van der Waals surface area contributed by atoms with Crippen LogP contribution in [0, 0.1) is 0 Å². The van der Waals surface area contributed by atoms with Crippen LogP contribution in [0.2, 0.25) is 5.02 Å². The van der Waals surface area contributed by atoms with Gasteiger partial charge in [0.1, 0.15) is 0 Å². The van der Waals surface area contributed by atoms with Crippen LogP contribution in [0.25, 0.3) is 0 Å².